The minimum atomic E-state index is 0.0496. The Hall–Kier alpha value is -3.19. The first-order chi connectivity index (χ1) is 17.4. The number of benzene rings is 1. The van der Waals surface area contributed by atoms with Gasteiger partial charge in [0, 0.05) is 68.1 Å². The number of hydrogen-bond acceptors (Lipinski definition) is 7. The Bertz CT molecular complexity index is 1240. The fraction of sp³-hybridized carbons (Fsp3) is 0.429. The molecule has 0 radical (unpaired) electrons. The second kappa shape index (κ2) is 10.4. The monoisotopic (exact) mass is 504 g/mol. The van der Waals surface area contributed by atoms with Crippen LogP contribution in [0.4, 0.5) is 11.8 Å². The summed E-state index contributed by atoms with van der Waals surface area (Å²) >= 11 is 6.56. The van der Waals surface area contributed by atoms with Crippen molar-refractivity contribution in [3.8, 4) is 11.3 Å². The van der Waals surface area contributed by atoms with Crippen molar-refractivity contribution < 1.29 is 4.79 Å². The van der Waals surface area contributed by atoms with Gasteiger partial charge in [-0.15, -0.1) is 0 Å². The predicted octanol–water partition coefficient (Wildman–Crippen LogP) is 5.28. The van der Waals surface area contributed by atoms with Gasteiger partial charge in [-0.25, -0.2) is 9.98 Å². The summed E-state index contributed by atoms with van der Waals surface area (Å²) < 4.78 is 0. The summed E-state index contributed by atoms with van der Waals surface area (Å²) in [6.45, 7) is 9.42. The minimum absolute atomic E-state index is 0.0496. The van der Waals surface area contributed by atoms with Gasteiger partial charge in [-0.1, -0.05) is 35.9 Å². The van der Waals surface area contributed by atoms with E-state index in [0.717, 1.165) is 72.9 Å². The summed E-state index contributed by atoms with van der Waals surface area (Å²) in [5, 5.41) is 0.778. The van der Waals surface area contributed by atoms with Crippen LogP contribution in [0.15, 0.2) is 58.3 Å². The van der Waals surface area contributed by atoms with Gasteiger partial charge >= 0.3 is 0 Å². The van der Waals surface area contributed by atoms with Crippen molar-refractivity contribution in [2.75, 3.05) is 36.0 Å². The zero-order chi connectivity index (χ0) is 25.2. The van der Waals surface area contributed by atoms with Gasteiger partial charge in [0.05, 0.1) is 10.7 Å². The van der Waals surface area contributed by atoms with Crippen LogP contribution in [0.1, 0.15) is 50.4 Å². The molecule has 0 spiro atoms. The molecule has 8 heteroatoms. The van der Waals surface area contributed by atoms with Gasteiger partial charge < -0.3 is 14.7 Å². The van der Waals surface area contributed by atoms with E-state index in [9.17, 15) is 4.79 Å². The average Bonchev–Trinajstić information content (AvgIpc) is 3.19. The van der Waals surface area contributed by atoms with Crippen LogP contribution in [-0.4, -0.2) is 65.1 Å². The molecule has 3 aliphatic heterocycles. The lowest BCUT2D eigenvalue weighted by Crippen LogP contribution is -2.52. The number of aromatic nitrogens is 2. The molecule has 0 saturated carbocycles. The number of Topliss-reactive ketones (excluding diaryl/α,β-unsaturated/α-hetero) is 1. The van der Waals surface area contributed by atoms with Crippen molar-refractivity contribution in [1.82, 2.24) is 14.9 Å². The average molecular weight is 505 g/mol. The molecule has 2 aromatic rings. The molecule has 2 fully saturated rings. The highest BCUT2D eigenvalue weighted by Gasteiger charge is 2.30. The van der Waals surface area contributed by atoms with Crippen molar-refractivity contribution >= 4 is 35.4 Å². The number of carbonyl (C=O) groups is 1. The molecule has 4 heterocycles. The second-order valence-corrected chi connectivity index (χ2v) is 10.3. The molecule has 2 saturated heterocycles. The smallest absolute Gasteiger partial charge is 0.228 e. The first-order valence-electron chi connectivity index (χ1n) is 12.8. The quantitative estimate of drug-likeness (QED) is 0.516. The zero-order valence-electron chi connectivity index (χ0n) is 21.2. The Morgan fingerprint density at radius 2 is 1.92 bits per heavy atom. The molecular formula is C28H33ClN6O. The maximum atomic E-state index is 12.0. The molecule has 36 heavy (non-hydrogen) atoms. The van der Waals surface area contributed by atoms with E-state index in [-0.39, 0.29) is 11.8 Å². The molecule has 0 bridgehead atoms. The Kier molecular flexibility index (Phi) is 7.10. The number of hydrogen-bond donors (Lipinski definition) is 0. The number of carbonyl (C=O) groups excluding carboxylic acids is 1. The Morgan fingerprint density at radius 3 is 2.67 bits per heavy atom. The van der Waals surface area contributed by atoms with Gasteiger partial charge in [-0.05, 0) is 45.8 Å². The Labute approximate surface area is 218 Å². The van der Waals surface area contributed by atoms with Gasteiger partial charge in [0.25, 0.3) is 0 Å². The summed E-state index contributed by atoms with van der Waals surface area (Å²) in [5.74, 6) is 2.60. The van der Waals surface area contributed by atoms with Gasteiger partial charge in [0.2, 0.25) is 5.95 Å². The molecule has 3 aliphatic rings. The first-order valence-corrected chi connectivity index (χ1v) is 13.1. The van der Waals surface area contributed by atoms with Crippen LogP contribution in [0.5, 0.6) is 0 Å². The zero-order valence-corrected chi connectivity index (χ0v) is 21.9. The highest BCUT2D eigenvalue weighted by Crippen LogP contribution is 2.32. The van der Waals surface area contributed by atoms with Crippen molar-refractivity contribution in [1.29, 1.82) is 0 Å². The maximum absolute atomic E-state index is 12.0. The molecule has 7 nitrogen and oxygen atoms in total. The third-order valence-corrected chi connectivity index (χ3v) is 7.58. The van der Waals surface area contributed by atoms with E-state index >= 15 is 0 Å². The molecule has 2 unspecified atom stereocenters. The van der Waals surface area contributed by atoms with E-state index in [0.29, 0.717) is 18.0 Å². The van der Waals surface area contributed by atoms with E-state index in [2.05, 4.69) is 39.6 Å². The van der Waals surface area contributed by atoms with Crippen LogP contribution in [-0.2, 0) is 0 Å². The lowest BCUT2D eigenvalue weighted by Gasteiger charge is -2.42. The molecule has 5 rings (SSSR count). The largest absolute Gasteiger partial charge is 0.352 e. The van der Waals surface area contributed by atoms with Crippen LogP contribution in [0.3, 0.4) is 0 Å². The number of anilines is 2. The van der Waals surface area contributed by atoms with Crippen LogP contribution < -0.4 is 9.80 Å². The van der Waals surface area contributed by atoms with E-state index in [4.69, 9.17) is 21.6 Å². The number of halogens is 1. The molecule has 2 atom stereocenters. The molecule has 0 N–H and O–H groups in total. The highest BCUT2D eigenvalue weighted by molar-refractivity contribution is 6.30. The van der Waals surface area contributed by atoms with E-state index in [1.165, 1.54) is 0 Å². The van der Waals surface area contributed by atoms with Crippen LogP contribution in [0.25, 0.3) is 11.3 Å². The van der Waals surface area contributed by atoms with Crippen LogP contribution in [0.2, 0.25) is 0 Å². The molecular weight excluding hydrogens is 472 g/mol. The third-order valence-electron chi connectivity index (χ3n) is 7.26. The summed E-state index contributed by atoms with van der Waals surface area (Å²) in [6.07, 6.45) is 8.78. The third kappa shape index (κ3) is 5.03. The van der Waals surface area contributed by atoms with E-state index < -0.39 is 0 Å². The summed E-state index contributed by atoms with van der Waals surface area (Å²) in [7, 11) is 0. The summed E-state index contributed by atoms with van der Waals surface area (Å²) in [5.41, 5.74) is 2.47. The van der Waals surface area contributed by atoms with E-state index in [1.807, 2.05) is 42.6 Å². The lowest BCUT2D eigenvalue weighted by molar-refractivity contribution is 0.101. The fourth-order valence-electron chi connectivity index (χ4n) is 5.22. The maximum Gasteiger partial charge on any atom is 0.228 e. The summed E-state index contributed by atoms with van der Waals surface area (Å²) in [6, 6.07) is 10.4. The van der Waals surface area contributed by atoms with Crippen molar-refractivity contribution in [2.24, 2.45) is 4.99 Å². The number of nitrogens with zero attached hydrogens (tertiary/aromatic N) is 6. The Balaban J connectivity index is 1.48. The van der Waals surface area contributed by atoms with Crippen LogP contribution in [0, 0.1) is 0 Å². The fourth-order valence-corrected chi connectivity index (χ4v) is 5.48. The number of allylic oxidation sites excluding steroid dienone is 3. The van der Waals surface area contributed by atoms with Gasteiger partial charge in [-0.2, -0.15) is 4.98 Å². The SMILES string of the molecule is CC(=O)c1cccc(-c2cc(N3CCN(C4=C(Cl)CC=CC=N4)CC3C)nc(N3CCCC3C)n2)c1. The number of piperazine rings is 1. The first kappa shape index (κ1) is 24.5. The predicted molar refractivity (Wildman–Crippen MR) is 147 cm³/mol. The molecule has 1 aromatic heterocycles. The Morgan fingerprint density at radius 1 is 1.06 bits per heavy atom. The molecule has 0 aliphatic carbocycles. The normalized spacial score (nSPS) is 22.4. The number of ketones is 1. The van der Waals surface area contributed by atoms with Crippen molar-refractivity contribution in [2.45, 2.75) is 52.1 Å². The molecule has 1 aromatic carbocycles. The highest BCUT2D eigenvalue weighted by atomic mass is 35.5. The standard InChI is InChI=1S/C28H33ClN6O/c1-19-8-7-13-35(19)28-31-25(23-10-6-9-22(16-23)21(3)36)17-26(32-28)34-15-14-33(18-20(34)2)27-24(29)11-4-5-12-30-27/h4-6,9-10,12,16-17,19-20H,7-8,11,13-15,18H2,1-3H3. The van der Waals surface area contributed by atoms with Crippen molar-refractivity contribution in [3.05, 3.63) is 58.9 Å². The minimum Gasteiger partial charge on any atom is -0.352 e. The number of rotatable bonds is 5. The van der Waals surface area contributed by atoms with Gasteiger partial charge in [-0.3, -0.25) is 4.79 Å². The van der Waals surface area contributed by atoms with Crippen LogP contribution >= 0.6 is 11.6 Å². The van der Waals surface area contributed by atoms with Gasteiger partial charge in [0.15, 0.2) is 5.78 Å². The topological polar surface area (TPSA) is 64.9 Å². The molecule has 0 amide bonds. The lowest BCUT2D eigenvalue weighted by atomic mass is 10.1. The summed E-state index contributed by atoms with van der Waals surface area (Å²) in [4.78, 5) is 33.6. The second-order valence-electron chi connectivity index (χ2n) is 9.86. The van der Waals surface area contributed by atoms with E-state index in [1.54, 1.807) is 6.92 Å². The number of aliphatic imine (C=N–C) groups is 1. The van der Waals surface area contributed by atoms with Crippen molar-refractivity contribution in [3.63, 3.8) is 0 Å². The molecule has 188 valence electrons. The van der Waals surface area contributed by atoms with Gasteiger partial charge in [0.1, 0.15) is 11.6 Å².